The summed E-state index contributed by atoms with van der Waals surface area (Å²) in [6, 6.07) is 0. The minimum Gasteiger partial charge on any atom is -0.375 e. The zero-order valence-electron chi connectivity index (χ0n) is 7.37. The monoisotopic (exact) mass is 214 g/mol. The van der Waals surface area contributed by atoms with Gasteiger partial charge in [0.05, 0.1) is 11.9 Å². The molecule has 0 fully saturated rings. The summed E-state index contributed by atoms with van der Waals surface area (Å²) in [6.45, 7) is 3.93. The van der Waals surface area contributed by atoms with Crippen molar-refractivity contribution >= 4 is 35.1 Å². The molecule has 0 unspecified atom stereocenters. The molecule has 1 aromatic rings. The molecule has 0 spiro atoms. The second-order valence-electron chi connectivity index (χ2n) is 2.47. The fourth-order valence-electron chi connectivity index (χ4n) is 0.835. The van der Waals surface area contributed by atoms with Gasteiger partial charge in [0.1, 0.15) is 0 Å². The van der Waals surface area contributed by atoms with Crippen LogP contribution in [0.4, 0.5) is 0 Å². The smallest absolute Gasteiger partial charge is 0.184 e. The lowest BCUT2D eigenvalue weighted by Gasteiger charge is -1.94. The van der Waals surface area contributed by atoms with Crippen LogP contribution in [-0.2, 0) is 0 Å². The van der Waals surface area contributed by atoms with Gasteiger partial charge in [0.2, 0.25) is 0 Å². The molecule has 1 heterocycles. The lowest BCUT2D eigenvalue weighted by Crippen LogP contribution is -2.24. The second kappa shape index (κ2) is 4.29. The van der Waals surface area contributed by atoms with E-state index in [0.717, 1.165) is 16.1 Å². The van der Waals surface area contributed by atoms with Crippen LogP contribution in [0.3, 0.4) is 0 Å². The Hall–Kier alpha value is -1.01. The average Bonchev–Trinajstić information content (AvgIpc) is 2.34. The van der Waals surface area contributed by atoms with Crippen LogP contribution in [0, 0.1) is 13.8 Å². The van der Waals surface area contributed by atoms with Gasteiger partial charge in [-0.15, -0.1) is 0 Å². The van der Waals surface area contributed by atoms with Gasteiger partial charge in [-0.05, 0) is 37.6 Å². The minimum atomic E-state index is 0.162. The zero-order valence-corrected chi connectivity index (χ0v) is 9.00. The summed E-state index contributed by atoms with van der Waals surface area (Å²) in [7, 11) is 0. The van der Waals surface area contributed by atoms with Crippen LogP contribution in [0.25, 0.3) is 0 Å². The summed E-state index contributed by atoms with van der Waals surface area (Å²) < 4.78 is 4.17. The first-order chi connectivity index (χ1) is 6.11. The molecule has 0 aromatic carbocycles. The highest BCUT2D eigenvalue weighted by atomic mass is 32.1. The lowest BCUT2D eigenvalue weighted by molar-refractivity contribution is 1.04. The van der Waals surface area contributed by atoms with E-state index in [1.54, 1.807) is 6.21 Å². The molecule has 3 N–H and O–H groups in total. The van der Waals surface area contributed by atoms with Gasteiger partial charge in [-0.2, -0.15) is 9.47 Å². The highest BCUT2D eigenvalue weighted by Crippen LogP contribution is 2.14. The Bertz CT molecular complexity index is 323. The summed E-state index contributed by atoms with van der Waals surface area (Å²) in [5, 5.41) is 4.02. The first-order valence-electron chi connectivity index (χ1n) is 3.62. The van der Waals surface area contributed by atoms with Crippen LogP contribution < -0.4 is 11.2 Å². The maximum atomic E-state index is 5.20. The van der Waals surface area contributed by atoms with Crippen LogP contribution in [0.1, 0.15) is 16.1 Å². The van der Waals surface area contributed by atoms with E-state index in [1.807, 2.05) is 13.8 Å². The Morgan fingerprint density at radius 1 is 1.69 bits per heavy atom. The van der Waals surface area contributed by atoms with Crippen LogP contribution in [-0.4, -0.2) is 15.7 Å². The van der Waals surface area contributed by atoms with Crippen LogP contribution in [0.5, 0.6) is 0 Å². The number of hydrazone groups is 1. The maximum Gasteiger partial charge on any atom is 0.184 e. The Morgan fingerprint density at radius 3 is 2.85 bits per heavy atom. The molecule has 0 aliphatic heterocycles. The molecule has 1 rings (SSSR count). The van der Waals surface area contributed by atoms with Crippen molar-refractivity contribution < 1.29 is 0 Å². The van der Waals surface area contributed by atoms with E-state index >= 15 is 0 Å². The van der Waals surface area contributed by atoms with Gasteiger partial charge in [0.15, 0.2) is 5.11 Å². The Labute approximate surface area is 86.0 Å². The third-order valence-electron chi connectivity index (χ3n) is 1.46. The number of rotatable bonds is 2. The fraction of sp³-hybridized carbons (Fsp3) is 0.286. The fourth-order valence-corrected chi connectivity index (χ4v) is 1.56. The average molecular weight is 214 g/mol. The van der Waals surface area contributed by atoms with E-state index in [2.05, 4.69) is 27.1 Å². The number of nitrogens with one attached hydrogen (secondary N) is 1. The van der Waals surface area contributed by atoms with Crippen LogP contribution in [0.15, 0.2) is 5.10 Å². The van der Waals surface area contributed by atoms with E-state index in [0.29, 0.717) is 0 Å². The molecule has 0 aliphatic carbocycles. The normalized spacial score (nSPS) is 10.6. The first kappa shape index (κ1) is 10.1. The van der Waals surface area contributed by atoms with E-state index in [1.165, 1.54) is 11.5 Å². The van der Waals surface area contributed by atoms with Gasteiger partial charge in [-0.3, -0.25) is 5.43 Å². The van der Waals surface area contributed by atoms with Gasteiger partial charge >= 0.3 is 0 Å². The van der Waals surface area contributed by atoms with Gasteiger partial charge in [0.25, 0.3) is 0 Å². The molecular weight excluding hydrogens is 204 g/mol. The van der Waals surface area contributed by atoms with E-state index in [4.69, 9.17) is 5.73 Å². The van der Waals surface area contributed by atoms with Crippen LogP contribution in [0.2, 0.25) is 0 Å². The highest BCUT2D eigenvalue weighted by molar-refractivity contribution is 7.80. The standard InChI is InChI=1S/C7H10N4S2/c1-4-6(5(2)13-11-4)3-9-10-7(8)12/h3H,1-2H3,(H3,8,10,12)/b9-3+. The topological polar surface area (TPSA) is 63.3 Å². The third kappa shape index (κ3) is 2.74. The van der Waals surface area contributed by atoms with Crippen molar-refractivity contribution in [2.45, 2.75) is 13.8 Å². The Kier molecular flexibility index (Phi) is 3.32. The van der Waals surface area contributed by atoms with Crippen molar-refractivity contribution in [2.75, 3.05) is 0 Å². The number of aromatic nitrogens is 1. The molecule has 70 valence electrons. The molecular formula is C7H10N4S2. The van der Waals surface area contributed by atoms with Gasteiger partial charge in [-0.1, -0.05) is 0 Å². The SMILES string of the molecule is Cc1nsc(C)c1/C=N/NC(N)=S. The van der Waals surface area contributed by atoms with Crippen molar-refractivity contribution in [3.8, 4) is 0 Å². The Morgan fingerprint density at radius 2 is 2.38 bits per heavy atom. The number of aryl methyl sites for hydroxylation is 2. The van der Waals surface area contributed by atoms with Crippen molar-refractivity contribution in [3.05, 3.63) is 16.1 Å². The third-order valence-corrected chi connectivity index (χ3v) is 2.41. The molecule has 0 saturated heterocycles. The molecule has 4 nitrogen and oxygen atoms in total. The predicted molar refractivity (Wildman–Crippen MR) is 59.1 cm³/mol. The van der Waals surface area contributed by atoms with Crippen molar-refractivity contribution in [1.82, 2.24) is 9.80 Å². The summed E-state index contributed by atoms with van der Waals surface area (Å²) in [6.07, 6.45) is 1.67. The largest absolute Gasteiger partial charge is 0.375 e. The quantitative estimate of drug-likeness (QED) is 0.437. The molecule has 0 atom stereocenters. The molecule has 0 bridgehead atoms. The molecule has 13 heavy (non-hydrogen) atoms. The second-order valence-corrected chi connectivity index (χ2v) is 3.89. The predicted octanol–water partition coefficient (Wildman–Crippen LogP) is 0.927. The molecule has 0 saturated carbocycles. The Balaban J connectivity index is 2.73. The first-order valence-corrected chi connectivity index (χ1v) is 4.81. The number of hydrogen-bond acceptors (Lipinski definition) is 4. The van der Waals surface area contributed by atoms with E-state index < -0.39 is 0 Å². The number of hydrogen-bond donors (Lipinski definition) is 2. The van der Waals surface area contributed by atoms with Gasteiger partial charge < -0.3 is 5.73 Å². The maximum absolute atomic E-state index is 5.20. The number of nitrogens with zero attached hydrogens (tertiary/aromatic N) is 2. The van der Waals surface area contributed by atoms with E-state index in [9.17, 15) is 0 Å². The summed E-state index contributed by atoms with van der Waals surface area (Å²) >= 11 is 6.05. The highest BCUT2D eigenvalue weighted by Gasteiger charge is 2.02. The molecule has 0 aliphatic rings. The molecule has 0 amide bonds. The molecule has 1 aromatic heterocycles. The van der Waals surface area contributed by atoms with Crippen LogP contribution >= 0.6 is 23.8 Å². The summed E-state index contributed by atoms with van der Waals surface area (Å²) in [5.41, 5.74) is 9.69. The minimum absolute atomic E-state index is 0.162. The van der Waals surface area contributed by atoms with Crippen molar-refractivity contribution in [2.24, 2.45) is 10.8 Å². The summed E-state index contributed by atoms with van der Waals surface area (Å²) in [5.74, 6) is 0. The molecule has 6 heteroatoms. The molecule has 0 radical (unpaired) electrons. The number of nitrogens with two attached hydrogens (primary N) is 1. The van der Waals surface area contributed by atoms with Gasteiger partial charge in [0, 0.05) is 10.4 Å². The van der Waals surface area contributed by atoms with Gasteiger partial charge in [-0.25, -0.2) is 0 Å². The van der Waals surface area contributed by atoms with Crippen molar-refractivity contribution in [3.63, 3.8) is 0 Å². The number of thiocarbonyl (C=S) groups is 1. The van der Waals surface area contributed by atoms with E-state index in [-0.39, 0.29) is 5.11 Å². The van der Waals surface area contributed by atoms with Crippen molar-refractivity contribution in [1.29, 1.82) is 0 Å². The zero-order chi connectivity index (χ0) is 9.84. The lowest BCUT2D eigenvalue weighted by atomic mass is 10.2. The summed E-state index contributed by atoms with van der Waals surface area (Å²) in [4.78, 5) is 1.13.